The minimum absolute atomic E-state index is 0.133. The number of alkyl halides is 4. The van der Waals surface area contributed by atoms with E-state index in [9.17, 15) is 17.6 Å². The average molecular weight is 247 g/mol. The molecule has 5 heteroatoms. The minimum atomic E-state index is -4.36. The van der Waals surface area contributed by atoms with Gasteiger partial charge in [0.2, 0.25) is 0 Å². The molecule has 2 rings (SSSR count). The van der Waals surface area contributed by atoms with Crippen LogP contribution in [0.25, 0.3) is 0 Å². The fourth-order valence-corrected chi connectivity index (χ4v) is 2.05. The Bertz CT molecular complexity index is 365. The third-order valence-electron chi connectivity index (χ3n) is 3.07. The Hall–Kier alpha value is -1.10. The number of hydrogen-bond acceptors (Lipinski definition) is 1. The summed E-state index contributed by atoms with van der Waals surface area (Å²) in [6.45, 7) is 1.36. The van der Waals surface area contributed by atoms with E-state index >= 15 is 0 Å². The first-order valence-corrected chi connectivity index (χ1v) is 5.50. The summed E-state index contributed by atoms with van der Waals surface area (Å²) in [5.74, 6) is -0.133. The van der Waals surface area contributed by atoms with Crippen molar-refractivity contribution in [3.63, 3.8) is 0 Å². The third-order valence-corrected chi connectivity index (χ3v) is 3.07. The largest absolute Gasteiger partial charge is 0.416 e. The summed E-state index contributed by atoms with van der Waals surface area (Å²) in [7, 11) is 0. The van der Waals surface area contributed by atoms with Crippen LogP contribution in [0, 0.1) is 5.92 Å². The number of benzene rings is 1. The van der Waals surface area contributed by atoms with Gasteiger partial charge in [0.1, 0.15) is 6.17 Å². The molecule has 1 aliphatic heterocycles. The van der Waals surface area contributed by atoms with Crippen molar-refractivity contribution in [3.05, 3.63) is 35.4 Å². The average Bonchev–Trinajstić information content (AvgIpc) is 2.80. The van der Waals surface area contributed by atoms with E-state index in [2.05, 4.69) is 5.32 Å². The Morgan fingerprint density at radius 2 is 1.82 bits per heavy atom. The second-order valence-electron chi connectivity index (χ2n) is 4.27. The maximum absolute atomic E-state index is 13.9. The van der Waals surface area contributed by atoms with Gasteiger partial charge >= 0.3 is 6.18 Å². The van der Waals surface area contributed by atoms with Crippen LogP contribution in [0.1, 0.15) is 23.7 Å². The van der Waals surface area contributed by atoms with Crippen LogP contribution < -0.4 is 5.32 Å². The first-order chi connectivity index (χ1) is 7.98. The summed E-state index contributed by atoms with van der Waals surface area (Å²) in [6.07, 6.45) is -4.83. The highest BCUT2D eigenvalue weighted by Gasteiger charge is 2.31. The van der Waals surface area contributed by atoms with Crippen molar-refractivity contribution in [2.24, 2.45) is 5.92 Å². The highest BCUT2D eigenvalue weighted by molar-refractivity contribution is 5.26. The summed E-state index contributed by atoms with van der Waals surface area (Å²) < 4.78 is 50.9. The van der Waals surface area contributed by atoms with E-state index in [1.807, 2.05) is 0 Å². The van der Waals surface area contributed by atoms with Crippen LogP contribution >= 0.6 is 0 Å². The van der Waals surface area contributed by atoms with E-state index < -0.39 is 17.9 Å². The standard InChI is InChI=1S/C12H13F4N/c13-11(9-5-6-17-7-9)8-1-3-10(4-2-8)12(14,15)16/h1-4,9,11,17H,5-7H2. The fraction of sp³-hybridized carbons (Fsp3) is 0.500. The zero-order valence-electron chi connectivity index (χ0n) is 9.10. The van der Waals surface area contributed by atoms with Crippen molar-refractivity contribution in [1.82, 2.24) is 5.32 Å². The van der Waals surface area contributed by atoms with Crippen LogP contribution in [0.4, 0.5) is 17.6 Å². The summed E-state index contributed by atoms with van der Waals surface area (Å²) in [5.41, 5.74) is -0.412. The molecule has 1 fully saturated rings. The van der Waals surface area contributed by atoms with Crippen LogP contribution in [0.2, 0.25) is 0 Å². The summed E-state index contributed by atoms with van der Waals surface area (Å²) >= 11 is 0. The molecule has 0 radical (unpaired) electrons. The van der Waals surface area contributed by atoms with Gasteiger partial charge in [0, 0.05) is 12.5 Å². The second kappa shape index (κ2) is 4.64. The van der Waals surface area contributed by atoms with Crippen molar-refractivity contribution in [1.29, 1.82) is 0 Å². The Kier molecular flexibility index (Phi) is 3.38. The molecular formula is C12H13F4N. The zero-order chi connectivity index (χ0) is 12.5. The molecule has 0 bridgehead atoms. The number of halogens is 4. The fourth-order valence-electron chi connectivity index (χ4n) is 2.05. The molecule has 2 unspecified atom stereocenters. The molecule has 2 atom stereocenters. The Balaban J connectivity index is 2.12. The summed E-state index contributed by atoms with van der Waals surface area (Å²) in [6, 6.07) is 4.33. The van der Waals surface area contributed by atoms with Gasteiger partial charge < -0.3 is 5.32 Å². The number of nitrogens with one attached hydrogen (secondary N) is 1. The quantitative estimate of drug-likeness (QED) is 0.790. The molecule has 1 nitrogen and oxygen atoms in total. The smallest absolute Gasteiger partial charge is 0.316 e. The van der Waals surface area contributed by atoms with Crippen molar-refractivity contribution >= 4 is 0 Å². The van der Waals surface area contributed by atoms with Crippen LogP contribution in [0.15, 0.2) is 24.3 Å². The minimum Gasteiger partial charge on any atom is -0.316 e. The number of rotatable bonds is 2. The molecule has 1 aromatic carbocycles. The van der Waals surface area contributed by atoms with Gasteiger partial charge in [0.15, 0.2) is 0 Å². The molecule has 0 saturated carbocycles. The van der Waals surface area contributed by atoms with Gasteiger partial charge in [-0.3, -0.25) is 0 Å². The van der Waals surface area contributed by atoms with Crippen molar-refractivity contribution in [2.75, 3.05) is 13.1 Å². The monoisotopic (exact) mass is 247 g/mol. The molecule has 94 valence electrons. The first-order valence-electron chi connectivity index (χ1n) is 5.50. The van der Waals surface area contributed by atoms with Gasteiger partial charge in [-0.25, -0.2) is 4.39 Å². The molecule has 1 aliphatic rings. The Labute approximate surface area is 96.8 Å². The van der Waals surface area contributed by atoms with Gasteiger partial charge in [0.25, 0.3) is 0 Å². The van der Waals surface area contributed by atoms with Crippen molar-refractivity contribution < 1.29 is 17.6 Å². The van der Waals surface area contributed by atoms with Crippen LogP contribution in [-0.4, -0.2) is 13.1 Å². The molecule has 0 amide bonds. The maximum Gasteiger partial charge on any atom is 0.416 e. The van der Waals surface area contributed by atoms with E-state index in [1.165, 1.54) is 12.1 Å². The Morgan fingerprint density at radius 3 is 2.29 bits per heavy atom. The number of hydrogen-bond donors (Lipinski definition) is 1. The molecule has 1 aromatic rings. The second-order valence-corrected chi connectivity index (χ2v) is 4.27. The van der Waals surface area contributed by atoms with Crippen molar-refractivity contribution in [2.45, 2.75) is 18.8 Å². The van der Waals surface area contributed by atoms with E-state index in [0.717, 1.165) is 25.1 Å². The topological polar surface area (TPSA) is 12.0 Å². The van der Waals surface area contributed by atoms with Crippen molar-refractivity contribution in [3.8, 4) is 0 Å². The summed E-state index contributed by atoms with van der Waals surface area (Å²) in [4.78, 5) is 0. The molecular weight excluding hydrogens is 234 g/mol. The predicted molar refractivity (Wildman–Crippen MR) is 56.3 cm³/mol. The molecule has 17 heavy (non-hydrogen) atoms. The molecule has 0 spiro atoms. The SMILES string of the molecule is FC(c1ccc(C(F)(F)F)cc1)C1CCNC1. The lowest BCUT2D eigenvalue weighted by Gasteiger charge is -2.15. The maximum atomic E-state index is 13.9. The molecule has 1 heterocycles. The van der Waals surface area contributed by atoms with Gasteiger partial charge in [-0.15, -0.1) is 0 Å². The lowest BCUT2D eigenvalue weighted by Crippen LogP contribution is -2.13. The predicted octanol–water partition coefficient (Wildman–Crippen LogP) is 3.33. The lowest BCUT2D eigenvalue weighted by atomic mass is 9.95. The van der Waals surface area contributed by atoms with Crippen LogP contribution in [0.3, 0.4) is 0 Å². The van der Waals surface area contributed by atoms with E-state index in [4.69, 9.17) is 0 Å². The lowest BCUT2D eigenvalue weighted by molar-refractivity contribution is -0.137. The van der Waals surface area contributed by atoms with Gasteiger partial charge in [-0.05, 0) is 30.7 Å². The highest BCUT2D eigenvalue weighted by atomic mass is 19.4. The van der Waals surface area contributed by atoms with E-state index in [-0.39, 0.29) is 5.92 Å². The highest BCUT2D eigenvalue weighted by Crippen LogP contribution is 2.33. The molecule has 0 aliphatic carbocycles. The van der Waals surface area contributed by atoms with E-state index in [0.29, 0.717) is 12.1 Å². The summed E-state index contributed by atoms with van der Waals surface area (Å²) in [5, 5.41) is 3.04. The third kappa shape index (κ3) is 2.77. The molecule has 0 aromatic heterocycles. The normalized spacial score (nSPS) is 22.7. The first kappa shape index (κ1) is 12.4. The van der Waals surface area contributed by atoms with Gasteiger partial charge in [-0.1, -0.05) is 12.1 Å². The van der Waals surface area contributed by atoms with Crippen LogP contribution in [0.5, 0.6) is 0 Å². The van der Waals surface area contributed by atoms with E-state index in [1.54, 1.807) is 0 Å². The molecule has 1 saturated heterocycles. The Morgan fingerprint density at radius 1 is 1.18 bits per heavy atom. The molecule has 1 N–H and O–H groups in total. The van der Waals surface area contributed by atoms with Crippen LogP contribution in [-0.2, 0) is 6.18 Å². The van der Waals surface area contributed by atoms with Gasteiger partial charge in [0.05, 0.1) is 5.56 Å². The zero-order valence-corrected chi connectivity index (χ0v) is 9.10. The van der Waals surface area contributed by atoms with Gasteiger partial charge in [-0.2, -0.15) is 13.2 Å².